The number of hydrogen-bond acceptors (Lipinski definition) is 20. The molecule has 2 aromatic rings. The molecule has 314 valence electrons. The molecule has 5 amide bonds. The Morgan fingerprint density at radius 1 is 1.14 bits per heavy atom. The van der Waals surface area contributed by atoms with Crippen molar-refractivity contribution >= 4 is 94.4 Å². The summed E-state index contributed by atoms with van der Waals surface area (Å²) in [6, 6.07) is 4.00. The number of carbonyl (C=O) groups excluding carboxylic acids is 5. The standard InChI is InChI=1S/C16H16N4O8S.C15H17N7O5S3/c1-26-19-9(8-3-2-4-27-8)12(21)18-10-13(22)20-11(15(23)24)7(5-28-16(17)25)6-29-14(10)20;1-21-14(18-19-20-21)30-6-8-5-29-13-15(27-2,17-9(23)7-28-4-3-16)12(26)22(13)10(8)11(24)25/h2-4,10,14H,5-6H2,1H3,(H2,17,25)(H,18,21)(H,23,24);13H,4-7H2,1-2H3,(H,17,23)(H,24,25)/b19-9+;/t10-,14-;13-,15+/m11/s1. The van der Waals surface area contributed by atoms with Gasteiger partial charge < -0.3 is 45.3 Å². The van der Waals surface area contributed by atoms with E-state index in [9.17, 15) is 43.8 Å². The third-order valence-electron chi connectivity index (χ3n) is 8.39. The molecular weight excluding hydrogens is 863 g/mol. The first-order valence-corrected chi connectivity index (χ1v) is 20.8. The van der Waals surface area contributed by atoms with Crippen molar-refractivity contribution in [3.8, 4) is 6.07 Å². The third-order valence-corrected chi connectivity index (χ3v) is 13.0. The first-order chi connectivity index (χ1) is 28.2. The van der Waals surface area contributed by atoms with Crippen LogP contribution in [0.4, 0.5) is 4.79 Å². The molecular formula is C31H33N11O13S4. The molecule has 6 rings (SSSR count). The maximum Gasteiger partial charge on any atom is 0.404 e. The monoisotopic (exact) mass is 895 g/mol. The van der Waals surface area contributed by atoms with Crippen LogP contribution in [0, 0.1) is 11.3 Å². The number of oxime groups is 1. The molecule has 24 nitrogen and oxygen atoms in total. The number of aryl methyl sites for hydroxylation is 1. The second-order valence-corrected chi connectivity index (χ2v) is 16.0. The van der Waals surface area contributed by atoms with Crippen LogP contribution in [0.3, 0.4) is 0 Å². The molecule has 2 fully saturated rings. The smallest absolute Gasteiger partial charge is 0.404 e. The predicted molar refractivity (Wildman–Crippen MR) is 206 cm³/mol. The van der Waals surface area contributed by atoms with Gasteiger partial charge >= 0.3 is 18.0 Å². The lowest BCUT2D eigenvalue weighted by Gasteiger charge is -2.55. The molecule has 2 saturated heterocycles. The number of tetrazole rings is 1. The molecule has 28 heteroatoms. The van der Waals surface area contributed by atoms with E-state index in [0.717, 1.165) is 21.6 Å². The van der Waals surface area contributed by atoms with Crippen LogP contribution in [-0.4, -0.2) is 160 Å². The maximum absolute atomic E-state index is 12.9. The van der Waals surface area contributed by atoms with Crippen molar-refractivity contribution in [1.82, 2.24) is 40.6 Å². The molecule has 2 aromatic heterocycles. The van der Waals surface area contributed by atoms with Gasteiger partial charge in [-0.25, -0.2) is 19.1 Å². The number of ether oxygens (including phenoxy) is 2. The number of fused-ring (bicyclic) bond motifs is 2. The van der Waals surface area contributed by atoms with E-state index in [2.05, 4.69) is 40.9 Å². The average Bonchev–Trinajstić information content (AvgIpc) is 3.90. The number of nitrogens with zero attached hydrogens (tertiary/aromatic N) is 8. The number of aromatic nitrogens is 4. The van der Waals surface area contributed by atoms with Gasteiger partial charge in [0.25, 0.3) is 23.4 Å². The van der Waals surface area contributed by atoms with E-state index in [0.29, 0.717) is 16.5 Å². The summed E-state index contributed by atoms with van der Waals surface area (Å²) >= 11 is 4.88. The van der Waals surface area contributed by atoms with Crippen molar-refractivity contribution in [2.24, 2.45) is 17.9 Å². The average molecular weight is 896 g/mol. The number of carboxylic acid groups (broad SMARTS) is 2. The lowest BCUT2D eigenvalue weighted by Crippen LogP contribution is -2.80. The number of β-lactam (4-membered cyclic amide) rings is 2. The summed E-state index contributed by atoms with van der Waals surface area (Å²) in [5.74, 6) is -4.00. The third kappa shape index (κ3) is 9.27. The predicted octanol–water partition coefficient (Wildman–Crippen LogP) is -1.26. The van der Waals surface area contributed by atoms with Crippen LogP contribution in [0.2, 0.25) is 0 Å². The Balaban J connectivity index is 0.000000224. The highest BCUT2D eigenvalue weighted by atomic mass is 32.2. The molecule has 59 heavy (non-hydrogen) atoms. The van der Waals surface area contributed by atoms with E-state index in [1.165, 1.54) is 66.5 Å². The summed E-state index contributed by atoms with van der Waals surface area (Å²) in [5.41, 5.74) is 3.47. The molecule has 6 heterocycles. The number of rotatable bonds is 16. The van der Waals surface area contributed by atoms with Crippen LogP contribution in [-0.2, 0) is 50.1 Å². The number of carboxylic acids is 2. The number of primary amides is 1. The number of aliphatic carboxylic acids is 2. The van der Waals surface area contributed by atoms with Gasteiger partial charge in [-0.3, -0.25) is 29.0 Å². The number of methoxy groups -OCH3 is 1. The highest BCUT2D eigenvalue weighted by Gasteiger charge is 2.66. The summed E-state index contributed by atoms with van der Waals surface area (Å²) in [6.07, 6.45) is 0.290. The zero-order valence-corrected chi connectivity index (χ0v) is 34.1. The Morgan fingerprint density at radius 3 is 2.44 bits per heavy atom. The molecule has 0 aromatic carbocycles. The van der Waals surface area contributed by atoms with Gasteiger partial charge in [0.15, 0.2) is 5.76 Å². The van der Waals surface area contributed by atoms with E-state index in [1.807, 2.05) is 6.07 Å². The highest BCUT2D eigenvalue weighted by molar-refractivity contribution is 8.01. The molecule has 0 spiro atoms. The van der Waals surface area contributed by atoms with Gasteiger partial charge in [-0.05, 0) is 28.1 Å². The minimum absolute atomic E-state index is 0.0153. The summed E-state index contributed by atoms with van der Waals surface area (Å²) < 4.78 is 16.6. The fourth-order valence-corrected chi connectivity index (χ4v) is 10.1. The highest BCUT2D eigenvalue weighted by Crippen LogP contribution is 2.47. The summed E-state index contributed by atoms with van der Waals surface area (Å²) in [7, 11) is 4.21. The molecule has 0 bridgehead atoms. The van der Waals surface area contributed by atoms with Gasteiger partial charge in [-0.15, -0.1) is 40.4 Å². The van der Waals surface area contributed by atoms with Crippen LogP contribution in [0.1, 0.15) is 5.76 Å². The first kappa shape index (κ1) is 44.3. The largest absolute Gasteiger partial charge is 0.477 e. The summed E-state index contributed by atoms with van der Waals surface area (Å²) in [6.45, 7) is -0.347. The SMILES string of the molecule is CO/N=C(/C(=O)N[C@@H]1C(=O)N2C(C(=O)O)=C(COC(N)=O)CS[C@H]12)c1ccco1.CO[C@@]1(NC(=O)CSCC#N)C(=O)N2C(C(=O)O)=C(CSc3nnnn3C)CS[C@@H]21. The van der Waals surface area contributed by atoms with Crippen molar-refractivity contribution in [3.63, 3.8) is 0 Å². The van der Waals surface area contributed by atoms with Crippen molar-refractivity contribution in [2.45, 2.75) is 27.7 Å². The molecule has 6 N–H and O–H groups in total. The van der Waals surface area contributed by atoms with Crippen molar-refractivity contribution in [2.75, 3.05) is 49.6 Å². The van der Waals surface area contributed by atoms with Crippen LogP contribution in [0.25, 0.3) is 0 Å². The van der Waals surface area contributed by atoms with Crippen molar-refractivity contribution in [1.29, 1.82) is 5.26 Å². The normalized spacial score (nSPS) is 22.1. The van der Waals surface area contributed by atoms with Crippen LogP contribution < -0.4 is 16.4 Å². The van der Waals surface area contributed by atoms with Crippen LogP contribution in [0.15, 0.2) is 55.7 Å². The molecule has 4 aliphatic heterocycles. The minimum atomic E-state index is -1.64. The van der Waals surface area contributed by atoms with Gasteiger partial charge in [0.1, 0.15) is 41.9 Å². The number of nitriles is 1. The fourth-order valence-electron chi connectivity index (χ4n) is 5.85. The molecule has 0 radical (unpaired) electrons. The van der Waals surface area contributed by atoms with Crippen molar-refractivity contribution in [3.05, 3.63) is 46.7 Å². The Morgan fingerprint density at radius 2 is 1.85 bits per heavy atom. The molecule has 4 atom stereocenters. The van der Waals surface area contributed by atoms with E-state index >= 15 is 0 Å². The van der Waals surface area contributed by atoms with Gasteiger partial charge in [0, 0.05) is 37.0 Å². The fraction of sp³-hybridized carbons (Fsp3) is 0.419. The van der Waals surface area contributed by atoms with E-state index in [4.69, 9.17) is 20.1 Å². The Hall–Kier alpha value is -5.76. The summed E-state index contributed by atoms with van der Waals surface area (Å²) in [5, 5.41) is 46.8. The Labute approximate surface area is 349 Å². The Bertz CT molecular complexity index is 2160. The van der Waals surface area contributed by atoms with Gasteiger partial charge in [-0.2, -0.15) is 5.26 Å². The van der Waals surface area contributed by atoms with Gasteiger partial charge in [0.2, 0.25) is 16.8 Å². The lowest BCUT2D eigenvalue weighted by molar-refractivity contribution is -0.192. The van der Waals surface area contributed by atoms with Gasteiger partial charge in [0.05, 0.1) is 23.8 Å². The quantitative estimate of drug-likeness (QED) is 0.0328. The number of hydrogen-bond donors (Lipinski definition) is 5. The maximum atomic E-state index is 12.9. The van der Waals surface area contributed by atoms with Crippen LogP contribution >= 0.6 is 47.0 Å². The topological polar surface area (TPSA) is 337 Å². The first-order valence-electron chi connectivity index (χ1n) is 16.5. The number of nitrogens with two attached hydrogens (primary N) is 1. The second-order valence-electron chi connectivity index (χ2n) is 11.9. The zero-order valence-electron chi connectivity index (χ0n) is 30.9. The van der Waals surface area contributed by atoms with Crippen molar-refractivity contribution < 1.29 is 62.5 Å². The van der Waals surface area contributed by atoms with Crippen LogP contribution in [0.5, 0.6) is 0 Å². The number of nitrogens with one attached hydrogen (secondary N) is 2. The number of thioether (sulfide) groups is 4. The van der Waals surface area contributed by atoms with E-state index < -0.39 is 64.2 Å². The lowest BCUT2D eigenvalue weighted by atomic mass is 9.98. The van der Waals surface area contributed by atoms with E-state index in [-0.39, 0.29) is 58.1 Å². The number of amides is 5. The zero-order chi connectivity index (χ0) is 43.0. The van der Waals surface area contributed by atoms with E-state index in [1.54, 1.807) is 13.1 Å². The molecule has 4 aliphatic rings. The molecule has 0 aliphatic carbocycles. The molecule has 0 unspecified atom stereocenters. The second kappa shape index (κ2) is 19.3. The van der Waals surface area contributed by atoms with Gasteiger partial charge in [-0.1, -0.05) is 16.9 Å². The molecule has 0 saturated carbocycles. The number of carbonyl (C=O) groups is 7. The Kier molecular flexibility index (Phi) is 14.5. The number of furan rings is 1. The minimum Gasteiger partial charge on any atom is -0.477 e. The summed E-state index contributed by atoms with van der Waals surface area (Å²) in [4.78, 5) is 91.5.